The van der Waals surface area contributed by atoms with Crippen LogP contribution in [0.2, 0.25) is 0 Å². The van der Waals surface area contributed by atoms with Crippen LogP contribution < -0.4 is 5.32 Å². The van der Waals surface area contributed by atoms with Crippen molar-refractivity contribution in [1.82, 2.24) is 10.2 Å². The Kier molecular flexibility index (Phi) is 6.64. The lowest BCUT2D eigenvalue weighted by molar-refractivity contribution is -0.125. The molecule has 35 heavy (non-hydrogen) atoms. The number of rotatable bonds is 6. The van der Waals surface area contributed by atoms with Crippen LogP contribution in [-0.2, 0) is 14.6 Å². The number of halogens is 2. The summed E-state index contributed by atoms with van der Waals surface area (Å²) in [6.07, 6.45) is 2.89. The molecule has 3 atom stereocenters. The topological polar surface area (TPSA) is 107 Å². The number of sulfone groups is 1. The molecule has 0 bridgehead atoms. The Labute approximate surface area is 202 Å². The van der Waals surface area contributed by atoms with E-state index in [1.165, 1.54) is 29.2 Å². The van der Waals surface area contributed by atoms with E-state index in [0.29, 0.717) is 13.0 Å². The van der Waals surface area contributed by atoms with Crippen molar-refractivity contribution in [2.45, 2.75) is 43.2 Å². The smallest absolute Gasteiger partial charge is 0.254 e. The fourth-order valence-electron chi connectivity index (χ4n) is 4.56. The van der Waals surface area contributed by atoms with Crippen molar-refractivity contribution < 1.29 is 26.8 Å². The van der Waals surface area contributed by atoms with Gasteiger partial charge in [-0.3, -0.25) is 9.59 Å². The van der Waals surface area contributed by atoms with Gasteiger partial charge in [0.2, 0.25) is 5.91 Å². The van der Waals surface area contributed by atoms with Gasteiger partial charge in [0.15, 0.2) is 9.84 Å². The number of carbonyl (C=O) groups excluding carboxylic acids is 2. The predicted octanol–water partition coefficient (Wildman–Crippen LogP) is 3.36. The van der Waals surface area contributed by atoms with Crippen molar-refractivity contribution in [1.29, 1.82) is 5.26 Å². The molecule has 0 unspecified atom stereocenters. The maximum absolute atomic E-state index is 14.7. The Morgan fingerprint density at radius 2 is 1.89 bits per heavy atom. The van der Waals surface area contributed by atoms with Crippen molar-refractivity contribution in [3.63, 3.8) is 0 Å². The molecule has 0 aromatic heterocycles. The van der Waals surface area contributed by atoms with Gasteiger partial charge in [0.1, 0.15) is 23.7 Å². The Bertz CT molecular complexity index is 1330. The highest BCUT2D eigenvalue weighted by Crippen LogP contribution is 2.42. The molecule has 2 fully saturated rings. The van der Waals surface area contributed by atoms with E-state index in [1.807, 2.05) is 6.92 Å². The Morgan fingerprint density at radius 3 is 2.51 bits per heavy atom. The van der Waals surface area contributed by atoms with Crippen LogP contribution in [0, 0.1) is 34.8 Å². The number of nitrogens with one attached hydrogen (secondary N) is 1. The molecule has 0 spiro atoms. The summed E-state index contributed by atoms with van der Waals surface area (Å²) in [5.41, 5.74) is -0.286. The SMILES string of the molecule is C[C@@H]1C[C@H](C(=O)N[C@@H](c2cc(F)c(C#N)cc2F)C2CC2)N(C(=O)c2cccc(S(C)(=O)=O)c2)C1. The molecular formula is C25H25F2N3O4S. The van der Waals surface area contributed by atoms with Crippen LogP contribution in [0.4, 0.5) is 8.78 Å². The number of hydrogen-bond donors (Lipinski definition) is 1. The molecule has 1 saturated carbocycles. The van der Waals surface area contributed by atoms with E-state index in [1.54, 1.807) is 6.07 Å². The molecule has 1 aliphatic heterocycles. The standard InChI is InChI=1S/C25H25F2N3O4S/c1-14-8-22(30(13-14)25(32)16-4-3-5-18(9-16)35(2,33)34)24(31)29-23(15-6-7-15)19-11-20(26)17(12-28)10-21(19)27/h3-5,9-11,14-15,22-23H,6-8,13H2,1-2H3,(H,29,31)/t14-,22-,23-/m1/s1. The summed E-state index contributed by atoms with van der Waals surface area (Å²) < 4.78 is 52.8. The molecule has 1 N–H and O–H groups in total. The summed E-state index contributed by atoms with van der Waals surface area (Å²) >= 11 is 0. The zero-order valence-electron chi connectivity index (χ0n) is 19.3. The fraction of sp³-hybridized carbons (Fsp3) is 0.400. The molecule has 2 aromatic carbocycles. The second-order valence-electron chi connectivity index (χ2n) is 9.40. The summed E-state index contributed by atoms with van der Waals surface area (Å²) in [4.78, 5) is 28.0. The number of benzene rings is 2. The van der Waals surface area contributed by atoms with Crippen molar-refractivity contribution in [2.24, 2.45) is 11.8 Å². The van der Waals surface area contributed by atoms with Crippen LogP contribution in [-0.4, -0.2) is 44.0 Å². The monoisotopic (exact) mass is 501 g/mol. The molecule has 2 amide bonds. The van der Waals surface area contributed by atoms with Crippen LogP contribution >= 0.6 is 0 Å². The second-order valence-corrected chi connectivity index (χ2v) is 11.4. The zero-order chi connectivity index (χ0) is 25.5. The average molecular weight is 502 g/mol. The molecule has 2 aromatic rings. The number of hydrogen-bond acceptors (Lipinski definition) is 5. The van der Waals surface area contributed by atoms with Crippen molar-refractivity contribution in [3.05, 3.63) is 64.7 Å². The molecule has 4 rings (SSSR count). The third-order valence-electron chi connectivity index (χ3n) is 6.52. The first-order chi connectivity index (χ1) is 16.5. The molecular weight excluding hydrogens is 476 g/mol. The molecule has 1 heterocycles. The summed E-state index contributed by atoms with van der Waals surface area (Å²) in [6, 6.07) is 7.41. The van der Waals surface area contributed by atoms with Crippen molar-refractivity contribution in [2.75, 3.05) is 12.8 Å². The van der Waals surface area contributed by atoms with Crippen molar-refractivity contribution in [3.8, 4) is 6.07 Å². The summed E-state index contributed by atoms with van der Waals surface area (Å²) in [6.45, 7) is 2.20. The van der Waals surface area contributed by atoms with E-state index < -0.39 is 50.9 Å². The molecule has 1 saturated heterocycles. The summed E-state index contributed by atoms with van der Waals surface area (Å²) in [5.74, 6) is -2.65. The third kappa shape index (κ3) is 5.20. The quantitative estimate of drug-likeness (QED) is 0.653. The molecule has 0 radical (unpaired) electrons. The zero-order valence-corrected chi connectivity index (χ0v) is 20.1. The minimum Gasteiger partial charge on any atom is -0.347 e. The van der Waals surface area contributed by atoms with Gasteiger partial charge in [-0.1, -0.05) is 13.0 Å². The van der Waals surface area contributed by atoms with Gasteiger partial charge in [0.25, 0.3) is 5.91 Å². The first kappa shape index (κ1) is 24.8. The van der Waals surface area contributed by atoms with E-state index in [-0.39, 0.29) is 27.9 Å². The first-order valence-electron chi connectivity index (χ1n) is 11.3. The molecule has 7 nitrogen and oxygen atoms in total. The number of nitrogens with zero attached hydrogens (tertiary/aromatic N) is 2. The van der Waals surface area contributed by atoms with Crippen molar-refractivity contribution >= 4 is 21.7 Å². The van der Waals surface area contributed by atoms with Gasteiger partial charge in [0, 0.05) is 23.9 Å². The molecule has 10 heteroatoms. The van der Waals surface area contributed by atoms with Crippen LogP contribution in [0.3, 0.4) is 0 Å². The molecule has 184 valence electrons. The largest absolute Gasteiger partial charge is 0.347 e. The summed E-state index contributed by atoms with van der Waals surface area (Å²) in [7, 11) is -3.52. The van der Waals surface area contributed by atoms with E-state index >= 15 is 0 Å². The van der Waals surface area contributed by atoms with Gasteiger partial charge in [-0.15, -0.1) is 0 Å². The summed E-state index contributed by atoms with van der Waals surface area (Å²) in [5, 5.41) is 11.8. The number of carbonyl (C=O) groups is 2. The average Bonchev–Trinajstić information content (AvgIpc) is 3.58. The Morgan fingerprint density at radius 1 is 1.17 bits per heavy atom. The lowest BCUT2D eigenvalue weighted by Crippen LogP contribution is -2.47. The highest BCUT2D eigenvalue weighted by molar-refractivity contribution is 7.90. The number of nitriles is 1. The van der Waals surface area contributed by atoms with Crippen LogP contribution in [0.25, 0.3) is 0 Å². The Balaban J connectivity index is 1.59. The lowest BCUT2D eigenvalue weighted by atomic mass is 9.98. The van der Waals surface area contributed by atoms with Gasteiger partial charge >= 0.3 is 0 Å². The van der Waals surface area contributed by atoms with Crippen LogP contribution in [0.1, 0.15) is 53.7 Å². The normalized spacial score (nSPS) is 20.8. The van der Waals surface area contributed by atoms with Gasteiger partial charge in [-0.25, -0.2) is 17.2 Å². The third-order valence-corrected chi connectivity index (χ3v) is 7.63. The maximum Gasteiger partial charge on any atom is 0.254 e. The minimum absolute atomic E-state index is 0.00344. The van der Waals surface area contributed by atoms with E-state index in [0.717, 1.165) is 31.2 Å². The van der Waals surface area contributed by atoms with E-state index in [9.17, 15) is 26.8 Å². The first-order valence-corrected chi connectivity index (χ1v) is 13.2. The van der Waals surface area contributed by atoms with Crippen LogP contribution in [0.15, 0.2) is 41.3 Å². The van der Waals surface area contributed by atoms with Gasteiger partial charge in [0.05, 0.1) is 16.5 Å². The lowest BCUT2D eigenvalue weighted by Gasteiger charge is -2.27. The maximum atomic E-state index is 14.7. The molecule has 2 aliphatic rings. The Hall–Kier alpha value is -3.32. The van der Waals surface area contributed by atoms with E-state index in [2.05, 4.69) is 5.32 Å². The van der Waals surface area contributed by atoms with E-state index in [4.69, 9.17) is 5.26 Å². The van der Waals surface area contributed by atoms with Gasteiger partial charge in [-0.05, 0) is 61.4 Å². The predicted molar refractivity (Wildman–Crippen MR) is 123 cm³/mol. The fourth-order valence-corrected chi connectivity index (χ4v) is 5.23. The highest BCUT2D eigenvalue weighted by atomic mass is 32.2. The highest BCUT2D eigenvalue weighted by Gasteiger charge is 2.42. The van der Waals surface area contributed by atoms with Gasteiger partial charge < -0.3 is 10.2 Å². The number of amides is 2. The second kappa shape index (κ2) is 9.38. The number of likely N-dealkylation sites (tertiary alicyclic amines) is 1. The molecule has 1 aliphatic carbocycles. The van der Waals surface area contributed by atoms with Gasteiger partial charge in [-0.2, -0.15) is 5.26 Å². The minimum atomic E-state index is -3.52. The van der Waals surface area contributed by atoms with Crippen LogP contribution in [0.5, 0.6) is 0 Å².